The molecule has 0 aliphatic rings. The van der Waals surface area contributed by atoms with Crippen molar-refractivity contribution in [2.75, 3.05) is 6.61 Å². The summed E-state index contributed by atoms with van der Waals surface area (Å²) in [5, 5.41) is 0. The Kier molecular flexibility index (Phi) is 4.50. The van der Waals surface area contributed by atoms with Crippen LogP contribution in [0.15, 0.2) is 30.3 Å². The zero-order valence-corrected chi connectivity index (χ0v) is 8.07. The second-order valence-corrected chi connectivity index (χ2v) is 3.17. The molecule has 13 heavy (non-hydrogen) atoms. The molecule has 0 heterocycles. The first-order valence-electron chi connectivity index (χ1n) is 4.70. The lowest BCUT2D eigenvalue weighted by molar-refractivity contribution is 0.107. The molecule has 2 heteroatoms. The quantitative estimate of drug-likeness (QED) is 0.749. The highest BCUT2D eigenvalue weighted by Gasteiger charge is 1.98. The average molecular weight is 179 g/mol. The third kappa shape index (κ3) is 4.06. The van der Waals surface area contributed by atoms with E-state index in [-0.39, 0.29) is 6.04 Å². The van der Waals surface area contributed by atoms with Gasteiger partial charge in [0.25, 0.3) is 0 Å². The molecule has 1 rings (SSSR count). The number of nitrogens with two attached hydrogens (primary N) is 1. The first kappa shape index (κ1) is 10.2. The lowest BCUT2D eigenvalue weighted by Crippen LogP contribution is -2.24. The van der Waals surface area contributed by atoms with E-state index >= 15 is 0 Å². The molecule has 0 saturated carbocycles. The molecule has 0 aliphatic heterocycles. The maximum atomic E-state index is 5.71. The standard InChI is InChI=1S/C11H17NO/c1-2-11(12)9-13-8-10-6-4-3-5-7-10/h3-7,11H,2,8-9,12H2,1H3. The van der Waals surface area contributed by atoms with Crippen molar-refractivity contribution in [2.45, 2.75) is 26.0 Å². The molecule has 1 aromatic carbocycles. The van der Waals surface area contributed by atoms with Crippen molar-refractivity contribution >= 4 is 0 Å². The van der Waals surface area contributed by atoms with Crippen molar-refractivity contribution in [1.82, 2.24) is 0 Å². The molecule has 72 valence electrons. The molecular formula is C11H17NO. The van der Waals surface area contributed by atoms with Crippen molar-refractivity contribution in [3.63, 3.8) is 0 Å². The summed E-state index contributed by atoms with van der Waals surface area (Å²) >= 11 is 0. The van der Waals surface area contributed by atoms with Gasteiger partial charge < -0.3 is 10.5 Å². The van der Waals surface area contributed by atoms with E-state index in [0.29, 0.717) is 13.2 Å². The van der Waals surface area contributed by atoms with Gasteiger partial charge in [0, 0.05) is 6.04 Å². The maximum Gasteiger partial charge on any atom is 0.0717 e. The molecule has 1 atom stereocenters. The minimum absolute atomic E-state index is 0.170. The van der Waals surface area contributed by atoms with Crippen LogP contribution in [0.2, 0.25) is 0 Å². The van der Waals surface area contributed by atoms with Crippen LogP contribution < -0.4 is 5.73 Å². The van der Waals surface area contributed by atoms with Gasteiger partial charge in [-0.1, -0.05) is 37.3 Å². The summed E-state index contributed by atoms with van der Waals surface area (Å²) in [6.07, 6.45) is 0.967. The summed E-state index contributed by atoms with van der Waals surface area (Å²) in [4.78, 5) is 0. The van der Waals surface area contributed by atoms with E-state index in [1.165, 1.54) is 5.56 Å². The lowest BCUT2D eigenvalue weighted by atomic mass is 10.2. The van der Waals surface area contributed by atoms with Crippen LogP contribution in [-0.2, 0) is 11.3 Å². The zero-order chi connectivity index (χ0) is 9.52. The summed E-state index contributed by atoms with van der Waals surface area (Å²) in [7, 11) is 0. The minimum Gasteiger partial charge on any atom is -0.375 e. The molecule has 0 bridgehead atoms. The fraction of sp³-hybridized carbons (Fsp3) is 0.455. The van der Waals surface area contributed by atoms with Crippen LogP contribution in [0.1, 0.15) is 18.9 Å². The van der Waals surface area contributed by atoms with Gasteiger partial charge in [-0.25, -0.2) is 0 Å². The van der Waals surface area contributed by atoms with Crippen LogP contribution >= 0.6 is 0 Å². The minimum atomic E-state index is 0.170. The second kappa shape index (κ2) is 5.73. The molecule has 1 aromatic rings. The number of rotatable bonds is 5. The Morgan fingerprint density at radius 1 is 1.31 bits per heavy atom. The van der Waals surface area contributed by atoms with Crippen LogP contribution in [0.4, 0.5) is 0 Å². The average Bonchev–Trinajstić information content (AvgIpc) is 2.19. The van der Waals surface area contributed by atoms with Gasteiger partial charge in [0.05, 0.1) is 13.2 Å². The van der Waals surface area contributed by atoms with Gasteiger partial charge in [0.2, 0.25) is 0 Å². The fourth-order valence-corrected chi connectivity index (χ4v) is 1.02. The van der Waals surface area contributed by atoms with Gasteiger partial charge in [-0.2, -0.15) is 0 Å². The lowest BCUT2D eigenvalue weighted by Gasteiger charge is -2.09. The topological polar surface area (TPSA) is 35.2 Å². The fourth-order valence-electron chi connectivity index (χ4n) is 1.02. The van der Waals surface area contributed by atoms with Crippen LogP contribution in [0.25, 0.3) is 0 Å². The Morgan fingerprint density at radius 2 is 2.00 bits per heavy atom. The second-order valence-electron chi connectivity index (χ2n) is 3.17. The van der Waals surface area contributed by atoms with Crippen LogP contribution in [0, 0.1) is 0 Å². The summed E-state index contributed by atoms with van der Waals surface area (Å²) in [6.45, 7) is 3.37. The normalized spacial score (nSPS) is 12.8. The third-order valence-electron chi connectivity index (χ3n) is 1.97. The van der Waals surface area contributed by atoms with Crippen molar-refractivity contribution in [3.8, 4) is 0 Å². The SMILES string of the molecule is CCC(N)COCc1ccccc1. The molecule has 0 aromatic heterocycles. The highest BCUT2D eigenvalue weighted by molar-refractivity contribution is 5.13. The Hall–Kier alpha value is -0.860. The van der Waals surface area contributed by atoms with Crippen molar-refractivity contribution in [1.29, 1.82) is 0 Å². The first-order chi connectivity index (χ1) is 6.33. The molecule has 2 N–H and O–H groups in total. The first-order valence-corrected chi connectivity index (χ1v) is 4.70. The number of hydrogen-bond acceptors (Lipinski definition) is 2. The third-order valence-corrected chi connectivity index (χ3v) is 1.97. The number of hydrogen-bond donors (Lipinski definition) is 1. The molecule has 2 nitrogen and oxygen atoms in total. The monoisotopic (exact) mass is 179 g/mol. The zero-order valence-electron chi connectivity index (χ0n) is 8.07. The van der Waals surface area contributed by atoms with E-state index in [1.807, 2.05) is 18.2 Å². The largest absolute Gasteiger partial charge is 0.375 e. The van der Waals surface area contributed by atoms with Crippen LogP contribution in [0.5, 0.6) is 0 Å². The molecule has 1 unspecified atom stereocenters. The van der Waals surface area contributed by atoms with Gasteiger partial charge in [-0.15, -0.1) is 0 Å². The maximum absolute atomic E-state index is 5.71. The van der Waals surface area contributed by atoms with E-state index < -0.39 is 0 Å². The van der Waals surface area contributed by atoms with E-state index in [4.69, 9.17) is 10.5 Å². The molecule has 0 fully saturated rings. The number of benzene rings is 1. The summed E-state index contributed by atoms with van der Waals surface area (Å²) in [5.74, 6) is 0. The molecule has 0 saturated heterocycles. The molecular weight excluding hydrogens is 162 g/mol. The summed E-state index contributed by atoms with van der Waals surface area (Å²) in [5.41, 5.74) is 6.91. The van der Waals surface area contributed by atoms with E-state index in [9.17, 15) is 0 Å². The van der Waals surface area contributed by atoms with Crippen LogP contribution in [0.3, 0.4) is 0 Å². The smallest absolute Gasteiger partial charge is 0.0717 e. The Bertz CT molecular complexity index is 223. The van der Waals surface area contributed by atoms with Crippen molar-refractivity contribution in [3.05, 3.63) is 35.9 Å². The van der Waals surface area contributed by atoms with Crippen molar-refractivity contribution in [2.24, 2.45) is 5.73 Å². The van der Waals surface area contributed by atoms with Gasteiger partial charge in [-0.05, 0) is 12.0 Å². The molecule has 0 spiro atoms. The molecule has 0 radical (unpaired) electrons. The predicted octanol–water partition coefficient (Wildman–Crippen LogP) is 1.94. The van der Waals surface area contributed by atoms with Crippen LogP contribution in [-0.4, -0.2) is 12.6 Å². The predicted molar refractivity (Wildman–Crippen MR) is 54.4 cm³/mol. The molecule has 0 aliphatic carbocycles. The highest BCUT2D eigenvalue weighted by atomic mass is 16.5. The number of ether oxygens (including phenoxy) is 1. The van der Waals surface area contributed by atoms with E-state index in [0.717, 1.165) is 6.42 Å². The Balaban J connectivity index is 2.20. The van der Waals surface area contributed by atoms with E-state index in [1.54, 1.807) is 0 Å². The van der Waals surface area contributed by atoms with E-state index in [2.05, 4.69) is 19.1 Å². The van der Waals surface area contributed by atoms with Gasteiger partial charge in [-0.3, -0.25) is 0 Å². The summed E-state index contributed by atoms with van der Waals surface area (Å²) in [6, 6.07) is 10.3. The van der Waals surface area contributed by atoms with Gasteiger partial charge in [0.1, 0.15) is 0 Å². The van der Waals surface area contributed by atoms with Gasteiger partial charge in [0.15, 0.2) is 0 Å². The van der Waals surface area contributed by atoms with Gasteiger partial charge >= 0.3 is 0 Å². The highest BCUT2D eigenvalue weighted by Crippen LogP contribution is 2.00. The Labute approximate surface area is 79.7 Å². The molecule has 0 amide bonds. The summed E-state index contributed by atoms with van der Waals surface area (Å²) < 4.78 is 5.45. The van der Waals surface area contributed by atoms with Crippen molar-refractivity contribution < 1.29 is 4.74 Å². The Morgan fingerprint density at radius 3 is 2.62 bits per heavy atom.